The van der Waals surface area contributed by atoms with Crippen LogP contribution in [0.5, 0.6) is 0 Å². The summed E-state index contributed by atoms with van der Waals surface area (Å²) < 4.78 is 18.6. The number of benzene rings is 5. The summed E-state index contributed by atoms with van der Waals surface area (Å²) in [6.07, 6.45) is 2.01. The van der Waals surface area contributed by atoms with Crippen molar-refractivity contribution in [1.29, 1.82) is 0 Å². The minimum absolute atomic E-state index is 0.255. The molecule has 0 amide bonds. The Morgan fingerprint density at radius 2 is 1.15 bits per heavy atom. The average Bonchev–Trinajstić information content (AvgIpc) is 3.02. The number of carbonyl (C=O) groups is 1. The number of methoxy groups -OCH3 is 1. The summed E-state index contributed by atoms with van der Waals surface area (Å²) in [5, 5.41) is 0.417. The van der Waals surface area contributed by atoms with Gasteiger partial charge in [0.1, 0.15) is 0 Å². The Balaban J connectivity index is 1.64. The van der Waals surface area contributed by atoms with Gasteiger partial charge in [0.2, 0.25) is 0 Å². The van der Waals surface area contributed by atoms with Gasteiger partial charge in [-0.25, -0.2) is 0 Å². The standard InChI is InChI=1S/C35H31BrFO2P/c1-39-35(38)34-25-28(18-22-29(34)21-17-27-19-23-30(37)24-20-27)26-40(36,31-11-5-2-6-12-31,32-13-7-3-8-14-32)33-15-9-4-10-16-33/h2-16,18-20,22-25H,17,21,26H2,1H3. The third-order valence-electron chi connectivity index (χ3n) is 7.54. The normalized spacial score (nSPS) is 12.3. The minimum atomic E-state index is -3.22. The molecule has 202 valence electrons. The van der Waals surface area contributed by atoms with Gasteiger partial charge in [0.25, 0.3) is 0 Å². The van der Waals surface area contributed by atoms with Gasteiger partial charge in [0.05, 0.1) is 0 Å². The molecule has 0 N–H and O–H groups in total. The first-order valence-corrected chi connectivity index (χ1v) is 17.7. The number of hydrogen-bond donors (Lipinski definition) is 0. The fraction of sp³-hybridized carbons (Fsp3) is 0.114. The molecule has 5 aromatic rings. The van der Waals surface area contributed by atoms with Crippen LogP contribution in [-0.4, -0.2) is 13.1 Å². The van der Waals surface area contributed by atoms with Crippen molar-refractivity contribution in [2.75, 3.05) is 7.11 Å². The molecular weight excluding hydrogens is 582 g/mol. The van der Waals surface area contributed by atoms with Gasteiger partial charge in [-0.05, 0) is 0 Å². The molecule has 0 fully saturated rings. The Labute approximate surface area is 243 Å². The summed E-state index contributed by atoms with van der Waals surface area (Å²) in [5.74, 6) is -0.611. The van der Waals surface area contributed by atoms with Crippen molar-refractivity contribution < 1.29 is 13.9 Å². The number of aryl methyl sites for hydroxylation is 2. The van der Waals surface area contributed by atoms with Crippen molar-refractivity contribution >= 4 is 42.7 Å². The van der Waals surface area contributed by atoms with Crippen molar-refractivity contribution in [3.05, 3.63) is 162 Å². The van der Waals surface area contributed by atoms with E-state index in [1.807, 2.05) is 30.3 Å². The number of ether oxygens (including phenoxy) is 1. The molecule has 0 saturated heterocycles. The van der Waals surface area contributed by atoms with Crippen LogP contribution in [0.25, 0.3) is 0 Å². The van der Waals surface area contributed by atoms with Gasteiger partial charge in [0.15, 0.2) is 0 Å². The summed E-state index contributed by atoms with van der Waals surface area (Å²) in [5.41, 5.74) is 3.53. The predicted octanol–water partition coefficient (Wildman–Crippen LogP) is 7.74. The molecule has 0 bridgehead atoms. The van der Waals surface area contributed by atoms with E-state index in [0.717, 1.165) is 16.7 Å². The van der Waals surface area contributed by atoms with Crippen LogP contribution >= 0.6 is 20.8 Å². The van der Waals surface area contributed by atoms with Crippen LogP contribution in [-0.2, 0) is 23.7 Å². The maximum atomic E-state index is 13.4. The molecule has 0 aliphatic rings. The predicted molar refractivity (Wildman–Crippen MR) is 169 cm³/mol. The summed E-state index contributed by atoms with van der Waals surface area (Å²) in [6, 6.07) is 44.5. The van der Waals surface area contributed by atoms with Gasteiger partial charge in [-0.1, -0.05) is 0 Å². The molecule has 0 spiro atoms. The van der Waals surface area contributed by atoms with E-state index in [1.165, 1.54) is 35.2 Å². The van der Waals surface area contributed by atoms with Crippen molar-refractivity contribution in [1.82, 2.24) is 0 Å². The summed E-state index contributed by atoms with van der Waals surface area (Å²) in [6.45, 7) is 0. The molecule has 5 rings (SSSR count). The SMILES string of the molecule is COC(=O)c1cc(CP(Br)(c2ccccc2)(c2ccccc2)c2ccccc2)ccc1CCc1ccc(F)cc1. The number of rotatable bonds is 9. The summed E-state index contributed by atoms with van der Waals surface area (Å²) in [4.78, 5) is 13.0. The van der Waals surface area contributed by atoms with Crippen LogP contribution in [0.3, 0.4) is 0 Å². The molecular formula is C35H31BrFO2P. The fourth-order valence-corrected chi connectivity index (χ4v) is 13.2. The summed E-state index contributed by atoms with van der Waals surface area (Å²) in [7, 11) is 1.42. The van der Waals surface area contributed by atoms with Crippen LogP contribution in [0.15, 0.2) is 133 Å². The van der Waals surface area contributed by atoms with E-state index >= 15 is 0 Å². The van der Waals surface area contributed by atoms with Crippen molar-refractivity contribution in [2.45, 2.75) is 19.0 Å². The second-order valence-electron chi connectivity index (χ2n) is 9.96. The van der Waals surface area contributed by atoms with Crippen LogP contribution in [0, 0.1) is 5.82 Å². The van der Waals surface area contributed by atoms with Crippen molar-refractivity contribution in [2.24, 2.45) is 0 Å². The van der Waals surface area contributed by atoms with Crippen LogP contribution in [0.2, 0.25) is 0 Å². The zero-order valence-electron chi connectivity index (χ0n) is 22.3. The van der Waals surface area contributed by atoms with E-state index in [4.69, 9.17) is 4.74 Å². The number of hydrogen-bond acceptors (Lipinski definition) is 2. The van der Waals surface area contributed by atoms with Gasteiger partial charge < -0.3 is 0 Å². The maximum absolute atomic E-state index is 13.4. The van der Waals surface area contributed by atoms with Crippen LogP contribution in [0.4, 0.5) is 4.39 Å². The van der Waals surface area contributed by atoms with Gasteiger partial charge in [-0.3, -0.25) is 0 Å². The molecule has 0 unspecified atom stereocenters. The quantitative estimate of drug-likeness (QED) is 0.126. The van der Waals surface area contributed by atoms with E-state index < -0.39 is 5.31 Å². The third kappa shape index (κ3) is 5.39. The first-order valence-electron chi connectivity index (χ1n) is 13.3. The van der Waals surface area contributed by atoms with Gasteiger partial charge in [-0.2, -0.15) is 0 Å². The Bertz CT molecular complexity index is 1490. The Hall–Kier alpha value is -3.59. The number of carbonyl (C=O) groups excluding carboxylic acids is 1. The molecule has 40 heavy (non-hydrogen) atoms. The van der Waals surface area contributed by atoms with Gasteiger partial charge in [0, 0.05) is 0 Å². The Morgan fingerprint density at radius 1 is 0.675 bits per heavy atom. The molecule has 5 heteroatoms. The molecule has 5 aromatic carbocycles. The van der Waals surface area contributed by atoms with E-state index in [9.17, 15) is 9.18 Å². The fourth-order valence-electron chi connectivity index (χ4n) is 5.45. The average molecular weight is 614 g/mol. The molecule has 0 aliphatic carbocycles. The van der Waals surface area contributed by atoms with Gasteiger partial charge >= 0.3 is 244 Å². The van der Waals surface area contributed by atoms with Crippen molar-refractivity contribution in [3.63, 3.8) is 0 Å². The number of halogens is 2. The molecule has 2 nitrogen and oxygen atoms in total. The van der Waals surface area contributed by atoms with E-state index in [1.54, 1.807) is 12.1 Å². The molecule has 0 saturated carbocycles. The van der Waals surface area contributed by atoms with Gasteiger partial charge in [-0.15, -0.1) is 0 Å². The second kappa shape index (κ2) is 11.9. The molecule has 0 heterocycles. The molecule has 0 aromatic heterocycles. The van der Waals surface area contributed by atoms with E-state index in [2.05, 4.69) is 94.4 Å². The Kier molecular flexibility index (Phi) is 8.30. The Morgan fingerprint density at radius 3 is 1.62 bits per heavy atom. The summed E-state index contributed by atoms with van der Waals surface area (Å²) >= 11 is 4.50. The zero-order chi connectivity index (χ0) is 28.0. The van der Waals surface area contributed by atoms with Crippen LogP contribution < -0.4 is 15.9 Å². The van der Waals surface area contributed by atoms with E-state index in [-0.39, 0.29) is 11.8 Å². The second-order valence-corrected chi connectivity index (χ2v) is 18.9. The molecule has 0 aliphatic heterocycles. The first kappa shape index (κ1) is 28.0. The molecule has 0 atom stereocenters. The zero-order valence-corrected chi connectivity index (χ0v) is 24.8. The third-order valence-corrected chi connectivity index (χ3v) is 17.1. The topological polar surface area (TPSA) is 26.3 Å². The first-order chi connectivity index (χ1) is 19.4. The molecule has 0 radical (unpaired) electrons. The monoisotopic (exact) mass is 612 g/mol. The number of esters is 1. The van der Waals surface area contributed by atoms with Crippen LogP contribution in [0.1, 0.15) is 27.0 Å². The van der Waals surface area contributed by atoms with E-state index in [0.29, 0.717) is 24.6 Å². The van der Waals surface area contributed by atoms with Crippen molar-refractivity contribution in [3.8, 4) is 0 Å².